The van der Waals surface area contributed by atoms with Crippen LogP contribution in [0, 0.1) is 0 Å². The molecule has 0 saturated heterocycles. The lowest BCUT2D eigenvalue weighted by Gasteiger charge is -2.42. The van der Waals surface area contributed by atoms with E-state index in [0.717, 1.165) is 12.8 Å². The van der Waals surface area contributed by atoms with Gasteiger partial charge < -0.3 is 10.2 Å². The van der Waals surface area contributed by atoms with Gasteiger partial charge in [-0.25, -0.2) is 0 Å². The molecule has 2 bridgehead atoms. The maximum Gasteiger partial charge on any atom is 0.0743 e. The Morgan fingerprint density at radius 1 is 1.18 bits per heavy atom. The minimum atomic E-state index is -0.676. The van der Waals surface area contributed by atoms with Crippen LogP contribution in [0.5, 0.6) is 0 Å². The topological polar surface area (TPSA) is 40.5 Å². The van der Waals surface area contributed by atoms with Crippen molar-refractivity contribution >= 4 is 0 Å². The summed E-state index contributed by atoms with van der Waals surface area (Å²) >= 11 is 0. The zero-order valence-corrected chi connectivity index (χ0v) is 10.1. The molecular formula is C15H20O2. The SMILES string of the molecule is OCC[C@]1(O)C[C@@H]2CCC[C@H]1c1ccccc12. The van der Waals surface area contributed by atoms with Crippen LogP contribution in [-0.2, 0) is 0 Å². The smallest absolute Gasteiger partial charge is 0.0743 e. The monoisotopic (exact) mass is 232 g/mol. The van der Waals surface area contributed by atoms with Crippen LogP contribution in [0.15, 0.2) is 24.3 Å². The van der Waals surface area contributed by atoms with E-state index in [4.69, 9.17) is 0 Å². The van der Waals surface area contributed by atoms with Crippen LogP contribution in [0.4, 0.5) is 0 Å². The highest BCUT2D eigenvalue weighted by atomic mass is 16.3. The first-order valence-corrected chi connectivity index (χ1v) is 6.67. The predicted octanol–water partition coefficient (Wildman–Crippen LogP) is 2.55. The lowest BCUT2D eigenvalue weighted by atomic mass is 9.67. The molecule has 1 aromatic rings. The molecule has 0 amide bonds. The standard InChI is InChI=1S/C15H20O2/c16-9-8-15(17)10-11-4-3-7-14(15)13-6-2-1-5-12(11)13/h1-2,5-6,11,14,16-17H,3-4,7-10H2/t11-,14-,15-/m0/s1. The maximum atomic E-state index is 10.8. The lowest BCUT2D eigenvalue weighted by molar-refractivity contribution is -0.0253. The normalized spacial score (nSPS) is 35.4. The van der Waals surface area contributed by atoms with Gasteiger partial charge in [-0.15, -0.1) is 0 Å². The third kappa shape index (κ3) is 1.71. The van der Waals surface area contributed by atoms with Gasteiger partial charge in [0.15, 0.2) is 0 Å². The zero-order chi connectivity index (χ0) is 11.9. The lowest BCUT2D eigenvalue weighted by Crippen LogP contribution is -2.41. The molecular weight excluding hydrogens is 212 g/mol. The second kappa shape index (κ2) is 4.11. The summed E-state index contributed by atoms with van der Waals surface area (Å²) in [4.78, 5) is 0. The molecule has 1 fully saturated rings. The van der Waals surface area contributed by atoms with Gasteiger partial charge in [-0.3, -0.25) is 0 Å². The Bertz CT molecular complexity index is 415. The quantitative estimate of drug-likeness (QED) is 0.822. The number of aliphatic hydroxyl groups excluding tert-OH is 1. The summed E-state index contributed by atoms with van der Waals surface area (Å²) in [5.41, 5.74) is 2.10. The molecule has 1 saturated carbocycles. The third-order valence-corrected chi connectivity index (χ3v) is 4.65. The Balaban J connectivity index is 2.08. The van der Waals surface area contributed by atoms with Gasteiger partial charge in [0.1, 0.15) is 0 Å². The first-order valence-electron chi connectivity index (χ1n) is 6.67. The summed E-state index contributed by atoms with van der Waals surface area (Å²) < 4.78 is 0. The first kappa shape index (κ1) is 11.2. The van der Waals surface area contributed by atoms with Gasteiger partial charge in [0, 0.05) is 12.5 Å². The Hall–Kier alpha value is -0.860. The molecule has 0 radical (unpaired) electrons. The van der Waals surface area contributed by atoms with Gasteiger partial charge in [0.05, 0.1) is 5.60 Å². The van der Waals surface area contributed by atoms with Crippen molar-refractivity contribution in [3.8, 4) is 0 Å². The highest BCUT2D eigenvalue weighted by molar-refractivity contribution is 5.39. The van der Waals surface area contributed by atoms with Crippen LogP contribution in [0.3, 0.4) is 0 Å². The fourth-order valence-electron chi connectivity index (χ4n) is 3.89. The van der Waals surface area contributed by atoms with Crippen molar-refractivity contribution < 1.29 is 10.2 Å². The van der Waals surface area contributed by atoms with Crippen molar-refractivity contribution in [2.45, 2.75) is 49.5 Å². The molecule has 0 heterocycles. The molecule has 2 nitrogen and oxygen atoms in total. The molecule has 2 heteroatoms. The minimum absolute atomic E-state index is 0.0852. The van der Waals surface area contributed by atoms with E-state index in [2.05, 4.69) is 24.3 Å². The van der Waals surface area contributed by atoms with Crippen LogP contribution in [-0.4, -0.2) is 22.4 Å². The van der Waals surface area contributed by atoms with Gasteiger partial charge >= 0.3 is 0 Å². The molecule has 2 N–H and O–H groups in total. The molecule has 0 unspecified atom stereocenters. The van der Waals surface area contributed by atoms with E-state index in [1.165, 1.54) is 24.0 Å². The summed E-state index contributed by atoms with van der Waals surface area (Å²) in [5.74, 6) is 0.714. The highest BCUT2D eigenvalue weighted by Gasteiger charge is 2.46. The van der Waals surface area contributed by atoms with E-state index in [1.54, 1.807) is 0 Å². The fraction of sp³-hybridized carbons (Fsp3) is 0.600. The molecule has 0 spiro atoms. The largest absolute Gasteiger partial charge is 0.396 e. The first-order chi connectivity index (χ1) is 8.24. The van der Waals surface area contributed by atoms with Crippen molar-refractivity contribution in [3.63, 3.8) is 0 Å². The molecule has 4 rings (SSSR count). The Labute approximate surface area is 102 Å². The number of rotatable bonds is 2. The van der Waals surface area contributed by atoms with E-state index >= 15 is 0 Å². The Kier molecular flexibility index (Phi) is 2.72. The highest BCUT2D eigenvalue weighted by Crippen LogP contribution is 2.53. The average molecular weight is 232 g/mol. The molecule has 3 atom stereocenters. The van der Waals surface area contributed by atoms with Crippen molar-refractivity contribution in [3.05, 3.63) is 35.4 Å². The molecule has 3 aliphatic carbocycles. The van der Waals surface area contributed by atoms with E-state index in [9.17, 15) is 10.2 Å². The van der Waals surface area contributed by atoms with Crippen LogP contribution >= 0.6 is 0 Å². The molecule has 0 aromatic heterocycles. The zero-order valence-electron chi connectivity index (χ0n) is 10.1. The number of hydrogen-bond donors (Lipinski definition) is 2. The van der Waals surface area contributed by atoms with Crippen LogP contribution in [0.25, 0.3) is 0 Å². The summed E-state index contributed by atoms with van der Waals surface area (Å²) in [6, 6.07) is 8.56. The van der Waals surface area contributed by atoms with Crippen LogP contribution < -0.4 is 0 Å². The summed E-state index contributed by atoms with van der Waals surface area (Å²) in [5, 5.41) is 20.0. The maximum absolute atomic E-state index is 10.8. The molecule has 17 heavy (non-hydrogen) atoms. The van der Waals surface area contributed by atoms with Gasteiger partial charge in [0.2, 0.25) is 0 Å². The van der Waals surface area contributed by atoms with Crippen LogP contribution in [0.1, 0.15) is 55.1 Å². The van der Waals surface area contributed by atoms with E-state index in [1.807, 2.05) is 0 Å². The number of hydrogen-bond acceptors (Lipinski definition) is 2. The van der Waals surface area contributed by atoms with Gasteiger partial charge in [0.25, 0.3) is 0 Å². The Morgan fingerprint density at radius 2 is 1.94 bits per heavy atom. The number of benzene rings is 1. The summed E-state index contributed by atoms with van der Waals surface area (Å²) in [7, 11) is 0. The van der Waals surface area contributed by atoms with Crippen LogP contribution in [0.2, 0.25) is 0 Å². The molecule has 3 aliphatic rings. The molecule has 92 valence electrons. The van der Waals surface area contributed by atoms with Crippen molar-refractivity contribution in [2.24, 2.45) is 0 Å². The second-order valence-electron chi connectivity index (χ2n) is 5.59. The fourth-order valence-corrected chi connectivity index (χ4v) is 3.89. The average Bonchev–Trinajstić information content (AvgIpc) is 2.60. The van der Waals surface area contributed by atoms with Gasteiger partial charge in [-0.1, -0.05) is 30.7 Å². The van der Waals surface area contributed by atoms with E-state index in [0.29, 0.717) is 12.3 Å². The van der Waals surface area contributed by atoms with Crippen molar-refractivity contribution in [2.75, 3.05) is 6.61 Å². The van der Waals surface area contributed by atoms with Gasteiger partial charge in [-0.2, -0.15) is 0 Å². The molecule has 1 aromatic carbocycles. The number of aliphatic hydroxyl groups is 2. The van der Waals surface area contributed by atoms with E-state index in [-0.39, 0.29) is 12.5 Å². The predicted molar refractivity (Wildman–Crippen MR) is 67.0 cm³/mol. The minimum Gasteiger partial charge on any atom is -0.396 e. The third-order valence-electron chi connectivity index (χ3n) is 4.65. The van der Waals surface area contributed by atoms with Crippen molar-refractivity contribution in [1.29, 1.82) is 0 Å². The second-order valence-corrected chi connectivity index (χ2v) is 5.59. The van der Waals surface area contributed by atoms with E-state index < -0.39 is 5.60 Å². The summed E-state index contributed by atoms with van der Waals surface area (Å²) in [6.07, 6.45) is 4.78. The summed E-state index contributed by atoms with van der Waals surface area (Å²) in [6.45, 7) is 0.0852. The van der Waals surface area contributed by atoms with Gasteiger partial charge in [-0.05, 0) is 42.7 Å². The Morgan fingerprint density at radius 3 is 2.71 bits per heavy atom. The number of fused-ring (bicyclic) bond motifs is 3. The molecule has 0 aliphatic heterocycles. The van der Waals surface area contributed by atoms with Crippen molar-refractivity contribution in [1.82, 2.24) is 0 Å².